The van der Waals surface area contributed by atoms with Crippen molar-refractivity contribution in [3.63, 3.8) is 0 Å². The number of hydrogen-bond acceptors (Lipinski definition) is 9. The molecule has 2 heterocycles. The van der Waals surface area contributed by atoms with Gasteiger partial charge in [-0.3, -0.25) is 14.9 Å². The van der Waals surface area contributed by atoms with Crippen LogP contribution in [0.15, 0.2) is 52.2 Å². The normalized spacial score (nSPS) is 19.8. The van der Waals surface area contributed by atoms with E-state index in [9.17, 15) is 24.8 Å². The van der Waals surface area contributed by atoms with E-state index in [0.717, 1.165) is 4.88 Å². The van der Waals surface area contributed by atoms with Crippen molar-refractivity contribution in [2.45, 2.75) is 45.4 Å². The molecular weight excluding hydrogens is 472 g/mol. The van der Waals surface area contributed by atoms with E-state index in [1.807, 2.05) is 17.5 Å². The van der Waals surface area contributed by atoms with Crippen LogP contribution in [0, 0.1) is 10.1 Å². The molecule has 1 aliphatic carbocycles. The van der Waals surface area contributed by atoms with E-state index < -0.39 is 28.2 Å². The first-order valence-electron chi connectivity index (χ1n) is 11.3. The minimum Gasteiger partial charge on any atom is -0.500 e. The van der Waals surface area contributed by atoms with Crippen LogP contribution in [-0.4, -0.2) is 35.0 Å². The Morgan fingerprint density at radius 1 is 1.29 bits per heavy atom. The Morgan fingerprint density at radius 3 is 2.69 bits per heavy atom. The number of nitro benzene ring substituents is 1. The van der Waals surface area contributed by atoms with Gasteiger partial charge in [0.2, 0.25) is 5.75 Å². The summed E-state index contributed by atoms with van der Waals surface area (Å²) >= 11 is 1.59. The largest absolute Gasteiger partial charge is 0.500 e. The minimum atomic E-state index is -0.902. The molecule has 2 aliphatic rings. The number of hydrogen-bond donors (Lipinski definition) is 2. The molecule has 0 unspecified atom stereocenters. The minimum absolute atomic E-state index is 0.000479. The topological polar surface area (TPSA) is 128 Å². The number of ketones is 1. The third-order valence-corrected chi connectivity index (χ3v) is 7.21. The van der Waals surface area contributed by atoms with Crippen molar-refractivity contribution in [1.29, 1.82) is 0 Å². The van der Waals surface area contributed by atoms with Gasteiger partial charge in [-0.25, -0.2) is 4.79 Å². The molecule has 35 heavy (non-hydrogen) atoms. The second kappa shape index (κ2) is 9.91. The maximum absolute atomic E-state index is 13.6. The molecule has 0 saturated heterocycles. The monoisotopic (exact) mass is 498 g/mol. The van der Waals surface area contributed by atoms with Gasteiger partial charge in [-0.2, -0.15) is 0 Å². The van der Waals surface area contributed by atoms with E-state index in [-0.39, 0.29) is 42.7 Å². The number of thiophene rings is 1. The van der Waals surface area contributed by atoms with Crippen molar-refractivity contribution in [1.82, 2.24) is 5.32 Å². The molecule has 184 valence electrons. The van der Waals surface area contributed by atoms with Crippen molar-refractivity contribution >= 4 is 28.8 Å². The first-order chi connectivity index (χ1) is 16.8. The van der Waals surface area contributed by atoms with Gasteiger partial charge >= 0.3 is 11.7 Å². The first-order valence-corrected chi connectivity index (χ1v) is 12.2. The number of allylic oxidation sites excluding steroid dienone is 3. The van der Waals surface area contributed by atoms with Gasteiger partial charge in [0.15, 0.2) is 11.5 Å². The van der Waals surface area contributed by atoms with E-state index in [0.29, 0.717) is 29.0 Å². The van der Waals surface area contributed by atoms with Crippen molar-refractivity contribution in [3.05, 3.63) is 72.7 Å². The van der Waals surface area contributed by atoms with E-state index in [1.165, 1.54) is 12.1 Å². The van der Waals surface area contributed by atoms with Crippen LogP contribution >= 0.6 is 11.3 Å². The lowest BCUT2D eigenvalue weighted by atomic mass is 9.72. The fourth-order valence-electron chi connectivity index (χ4n) is 4.76. The molecule has 0 radical (unpaired) electrons. The molecule has 0 spiro atoms. The van der Waals surface area contributed by atoms with Gasteiger partial charge in [0.1, 0.15) is 0 Å². The molecule has 2 N–H and O–H groups in total. The predicted octanol–water partition coefficient (Wildman–Crippen LogP) is 4.69. The predicted molar refractivity (Wildman–Crippen MR) is 129 cm³/mol. The quantitative estimate of drug-likeness (QED) is 0.320. The lowest BCUT2D eigenvalue weighted by Gasteiger charge is -2.36. The number of benzene rings is 1. The molecule has 0 amide bonds. The van der Waals surface area contributed by atoms with Crippen LogP contribution in [0.25, 0.3) is 0 Å². The Morgan fingerprint density at radius 2 is 2.06 bits per heavy atom. The molecule has 0 bridgehead atoms. The Bertz CT molecular complexity index is 1250. The van der Waals surface area contributed by atoms with Crippen molar-refractivity contribution < 1.29 is 29.1 Å². The maximum atomic E-state index is 13.6. The highest BCUT2D eigenvalue weighted by atomic mass is 32.1. The molecular formula is C25H26N2O7S. The summed E-state index contributed by atoms with van der Waals surface area (Å²) < 4.78 is 10.8. The molecule has 9 nitrogen and oxygen atoms in total. The zero-order chi connectivity index (χ0) is 25.3. The van der Waals surface area contributed by atoms with Gasteiger partial charge < -0.3 is 19.9 Å². The lowest BCUT2D eigenvalue weighted by molar-refractivity contribution is -0.386. The number of carbonyl (C=O) groups is 2. The van der Waals surface area contributed by atoms with Gasteiger partial charge in [0.05, 0.1) is 23.7 Å². The summed E-state index contributed by atoms with van der Waals surface area (Å²) in [5.74, 6) is -2.35. The SMILES string of the molecule is CCOC(=O)C1=C(C)NC2=C(C(=O)C[C@@H](c3cccs3)C2)[C@H]1c1cc(OCC)c(O)c([N+](=O)[O-])c1. The number of nitrogens with zero attached hydrogens (tertiary/aromatic N) is 1. The second-order valence-corrected chi connectivity index (χ2v) is 9.31. The van der Waals surface area contributed by atoms with E-state index in [2.05, 4.69) is 5.32 Å². The van der Waals surface area contributed by atoms with Gasteiger partial charge in [-0.05, 0) is 50.3 Å². The zero-order valence-corrected chi connectivity index (χ0v) is 20.4. The average Bonchev–Trinajstić information content (AvgIpc) is 3.34. The maximum Gasteiger partial charge on any atom is 0.336 e. The first kappa shape index (κ1) is 24.5. The number of phenols is 1. The van der Waals surface area contributed by atoms with Crippen molar-refractivity contribution in [2.24, 2.45) is 0 Å². The fraction of sp³-hybridized carbons (Fsp3) is 0.360. The number of phenolic OH excluding ortho intramolecular Hbond substituents is 1. The summed E-state index contributed by atoms with van der Waals surface area (Å²) in [5.41, 5.74) is 1.53. The number of aromatic hydroxyl groups is 1. The number of nitro groups is 1. The Kier molecular flexibility index (Phi) is 6.93. The second-order valence-electron chi connectivity index (χ2n) is 8.33. The third-order valence-electron chi connectivity index (χ3n) is 6.18. The molecule has 0 saturated carbocycles. The molecule has 1 aliphatic heterocycles. The van der Waals surface area contributed by atoms with Crippen molar-refractivity contribution in [3.8, 4) is 11.5 Å². The third kappa shape index (κ3) is 4.53. The summed E-state index contributed by atoms with van der Waals surface area (Å²) in [6.45, 7) is 5.38. The Labute approximate surface area is 206 Å². The van der Waals surface area contributed by atoms with E-state index in [1.54, 1.807) is 32.1 Å². The average molecular weight is 499 g/mol. The molecule has 1 aromatic carbocycles. The highest BCUT2D eigenvalue weighted by Gasteiger charge is 2.42. The van der Waals surface area contributed by atoms with Crippen LogP contribution < -0.4 is 10.1 Å². The Hall–Kier alpha value is -3.66. The number of Topliss-reactive ketones (excluding diaryl/α,β-unsaturated/α-hetero) is 1. The molecule has 4 rings (SSSR count). The summed E-state index contributed by atoms with van der Waals surface area (Å²) in [6, 6.07) is 6.60. The number of dihydropyridines is 1. The highest BCUT2D eigenvalue weighted by molar-refractivity contribution is 7.10. The van der Waals surface area contributed by atoms with Crippen molar-refractivity contribution in [2.75, 3.05) is 13.2 Å². The van der Waals surface area contributed by atoms with Gasteiger partial charge in [0.25, 0.3) is 0 Å². The molecule has 1 aromatic heterocycles. The zero-order valence-electron chi connectivity index (χ0n) is 19.6. The van der Waals surface area contributed by atoms with Crippen LogP contribution in [0.5, 0.6) is 11.5 Å². The van der Waals surface area contributed by atoms with E-state index in [4.69, 9.17) is 9.47 Å². The van der Waals surface area contributed by atoms with Crippen LogP contribution in [0.4, 0.5) is 5.69 Å². The standard InChI is InChI=1S/C25H26N2O7S/c1-4-33-19-12-15(10-17(24(19)29)27(31)32)22-21(25(30)34-5-2)13(3)26-16-9-14(11-18(28)23(16)22)20-7-6-8-35-20/h6-8,10,12,14,22,26,29H,4-5,9,11H2,1-3H3/t14-,22-/m0/s1. The van der Waals surface area contributed by atoms with Crippen LogP contribution in [0.3, 0.4) is 0 Å². The smallest absolute Gasteiger partial charge is 0.336 e. The number of ether oxygens (including phenoxy) is 2. The summed E-state index contributed by atoms with van der Waals surface area (Å²) in [7, 11) is 0. The molecule has 2 atom stereocenters. The number of nitrogens with one attached hydrogen (secondary N) is 1. The van der Waals surface area contributed by atoms with Gasteiger partial charge in [-0.1, -0.05) is 6.07 Å². The molecule has 2 aromatic rings. The van der Waals surface area contributed by atoms with Crippen LogP contribution in [-0.2, 0) is 14.3 Å². The summed E-state index contributed by atoms with van der Waals surface area (Å²) in [6.07, 6.45) is 0.815. The number of rotatable bonds is 7. The summed E-state index contributed by atoms with van der Waals surface area (Å²) in [4.78, 5) is 38.7. The molecule has 0 fully saturated rings. The van der Waals surface area contributed by atoms with Gasteiger partial charge in [-0.15, -0.1) is 11.3 Å². The lowest BCUT2D eigenvalue weighted by Crippen LogP contribution is -2.36. The van der Waals surface area contributed by atoms with Gasteiger partial charge in [0, 0.05) is 46.2 Å². The molecule has 10 heteroatoms. The van der Waals surface area contributed by atoms with Crippen LogP contribution in [0.2, 0.25) is 0 Å². The summed E-state index contributed by atoms with van der Waals surface area (Å²) in [5, 5.41) is 27.3. The van der Waals surface area contributed by atoms with E-state index >= 15 is 0 Å². The fourth-order valence-corrected chi connectivity index (χ4v) is 5.59. The number of carbonyl (C=O) groups excluding carboxylic acids is 2. The number of esters is 1. The highest BCUT2D eigenvalue weighted by Crippen LogP contribution is 2.49. The van der Waals surface area contributed by atoms with Crippen LogP contribution in [0.1, 0.15) is 55.9 Å². The Balaban J connectivity index is 1.91.